The summed E-state index contributed by atoms with van der Waals surface area (Å²) in [6.07, 6.45) is 5.02. The molecule has 37 heavy (non-hydrogen) atoms. The number of carbonyl (C=O) groups is 1. The second kappa shape index (κ2) is 10.5. The molecule has 3 saturated heterocycles. The highest BCUT2D eigenvalue weighted by Gasteiger charge is 2.45. The molecule has 5 atom stereocenters. The van der Waals surface area contributed by atoms with Gasteiger partial charge in [0.05, 0.1) is 11.6 Å². The summed E-state index contributed by atoms with van der Waals surface area (Å²) in [7, 11) is 0. The molecule has 3 aromatic carbocycles. The molecule has 4 nitrogen and oxygen atoms in total. The van der Waals surface area contributed by atoms with E-state index in [1.54, 1.807) is 0 Å². The van der Waals surface area contributed by atoms with E-state index < -0.39 is 5.92 Å². The minimum absolute atomic E-state index is 0.170. The van der Waals surface area contributed by atoms with Crippen LogP contribution in [0.2, 0.25) is 0 Å². The standard InChI is InChI=1S/C33H34N2O2/c1-2-23-22-35-20-18-26(23)21-30(35)32(28-17-19-34-29-16-10-9-15-27(28)29)37-33(36)31(24-11-5-3-6-12-24)25-13-7-4-8-14-25/h3-17,19,23,26,30-32H,2,18,20-22H2,1H3/t23-,26+,30+,32-/m0/s1. The zero-order valence-corrected chi connectivity index (χ0v) is 21.4. The number of nitrogens with zero attached hydrogens (tertiary/aromatic N) is 2. The Morgan fingerprint density at radius 2 is 1.62 bits per heavy atom. The first-order valence-electron chi connectivity index (χ1n) is 13.6. The lowest BCUT2D eigenvalue weighted by Crippen LogP contribution is -2.55. The van der Waals surface area contributed by atoms with Crippen LogP contribution in [-0.2, 0) is 9.53 Å². The highest BCUT2D eigenvalue weighted by molar-refractivity contribution is 5.85. The Morgan fingerprint density at radius 1 is 0.946 bits per heavy atom. The van der Waals surface area contributed by atoms with E-state index in [2.05, 4.69) is 28.9 Å². The summed E-state index contributed by atoms with van der Waals surface area (Å²) in [5.41, 5.74) is 3.90. The minimum atomic E-state index is -0.475. The van der Waals surface area contributed by atoms with Crippen LogP contribution in [0, 0.1) is 11.8 Å². The molecule has 1 aromatic heterocycles. The van der Waals surface area contributed by atoms with Crippen LogP contribution in [0.25, 0.3) is 10.9 Å². The molecule has 3 aliphatic rings. The van der Waals surface area contributed by atoms with Gasteiger partial charge in [-0.05, 0) is 54.5 Å². The van der Waals surface area contributed by atoms with Gasteiger partial charge in [0.1, 0.15) is 12.0 Å². The minimum Gasteiger partial charge on any atom is -0.455 e. The summed E-state index contributed by atoms with van der Waals surface area (Å²) >= 11 is 0. The van der Waals surface area contributed by atoms with Gasteiger partial charge in [-0.15, -0.1) is 0 Å². The van der Waals surface area contributed by atoms with Crippen molar-refractivity contribution in [3.63, 3.8) is 0 Å². The van der Waals surface area contributed by atoms with Crippen LogP contribution in [0.1, 0.15) is 54.9 Å². The molecule has 4 heteroatoms. The topological polar surface area (TPSA) is 42.4 Å². The van der Waals surface area contributed by atoms with Crippen molar-refractivity contribution < 1.29 is 9.53 Å². The maximum Gasteiger partial charge on any atom is 0.318 e. The van der Waals surface area contributed by atoms with Crippen molar-refractivity contribution in [3.05, 3.63) is 114 Å². The molecule has 3 fully saturated rings. The van der Waals surface area contributed by atoms with Crippen molar-refractivity contribution >= 4 is 16.9 Å². The fourth-order valence-corrected chi connectivity index (χ4v) is 6.62. The van der Waals surface area contributed by atoms with Gasteiger partial charge in [0.2, 0.25) is 0 Å². The number of hydrogen-bond acceptors (Lipinski definition) is 4. The van der Waals surface area contributed by atoms with E-state index in [0.29, 0.717) is 5.92 Å². The van der Waals surface area contributed by atoms with Crippen molar-refractivity contribution in [2.24, 2.45) is 11.8 Å². The van der Waals surface area contributed by atoms with Gasteiger partial charge in [-0.3, -0.25) is 14.7 Å². The number of hydrogen-bond donors (Lipinski definition) is 0. The van der Waals surface area contributed by atoms with Crippen molar-refractivity contribution in [1.29, 1.82) is 0 Å². The van der Waals surface area contributed by atoms with Crippen molar-refractivity contribution in [1.82, 2.24) is 9.88 Å². The first-order chi connectivity index (χ1) is 18.2. The van der Waals surface area contributed by atoms with Crippen LogP contribution in [0.4, 0.5) is 0 Å². The lowest BCUT2D eigenvalue weighted by molar-refractivity contribution is -0.158. The lowest BCUT2D eigenvalue weighted by Gasteiger charge is -2.51. The molecule has 0 saturated carbocycles. The molecule has 4 aromatic rings. The molecule has 1 unspecified atom stereocenters. The third-order valence-corrected chi connectivity index (χ3v) is 8.54. The van der Waals surface area contributed by atoms with E-state index >= 15 is 0 Å². The van der Waals surface area contributed by atoms with Crippen molar-refractivity contribution in [2.45, 2.75) is 44.2 Å². The van der Waals surface area contributed by atoms with Crippen LogP contribution >= 0.6 is 0 Å². The zero-order valence-electron chi connectivity index (χ0n) is 21.4. The van der Waals surface area contributed by atoms with E-state index in [1.165, 1.54) is 12.8 Å². The summed E-state index contributed by atoms with van der Waals surface area (Å²) in [6, 6.07) is 30.4. The number of para-hydroxylation sites is 1. The van der Waals surface area contributed by atoms with E-state index in [-0.39, 0.29) is 18.1 Å². The number of rotatable bonds is 7. The van der Waals surface area contributed by atoms with Crippen LogP contribution in [0.15, 0.2) is 97.2 Å². The van der Waals surface area contributed by atoms with Gasteiger partial charge in [0, 0.05) is 23.7 Å². The Kier molecular flexibility index (Phi) is 6.75. The number of ether oxygens (including phenoxy) is 1. The largest absolute Gasteiger partial charge is 0.455 e. The quantitative estimate of drug-likeness (QED) is 0.268. The Labute approximate surface area is 219 Å². The van der Waals surface area contributed by atoms with Gasteiger partial charge in [0.25, 0.3) is 0 Å². The van der Waals surface area contributed by atoms with Crippen molar-refractivity contribution in [2.75, 3.05) is 13.1 Å². The molecule has 0 radical (unpaired) electrons. The number of pyridine rings is 1. The third kappa shape index (κ3) is 4.67. The summed E-state index contributed by atoms with van der Waals surface area (Å²) in [5.74, 6) is 0.750. The van der Waals surface area contributed by atoms with Gasteiger partial charge < -0.3 is 4.74 Å². The fourth-order valence-electron chi connectivity index (χ4n) is 6.62. The van der Waals surface area contributed by atoms with Crippen LogP contribution < -0.4 is 0 Å². The lowest BCUT2D eigenvalue weighted by atomic mass is 9.72. The average Bonchev–Trinajstić information content (AvgIpc) is 2.97. The monoisotopic (exact) mass is 490 g/mol. The normalized spacial score (nSPS) is 23.7. The Balaban J connectivity index is 1.41. The number of fused-ring (bicyclic) bond motifs is 4. The molecule has 0 spiro atoms. The molecule has 3 aliphatic heterocycles. The van der Waals surface area contributed by atoms with Gasteiger partial charge in [-0.25, -0.2) is 0 Å². The second-order valence-electron chi connectivity index (χ2n) is 10.5. The van der Waals surface area contributed by atoms with E-state index in [9.17, 15) is 4.79 Å². The van der Waals surface area contributed by atoms with Gasteiger partial charge in [0.15, 0.2) is 0 Å². The fraction of sp³-hybridized carbons (Fsp3) is 0.333. The van der Waals surface area contributed by atoms with Gasteiger partial charge in [-0.1, -0.05) is 92.2 Å². The third-order valence-electron chi connectivity index (χ3n) is 8.54. The summed E-state index contributed by atoms with van der Waals surface area (Å²) < 4.78 is 6.67. The maximum absolute atomic E-state index is 14.2. The van der Waals surface area contributed by atoms with Crippen molar-refractivity contribution in [3.8, 4) is 0 Å². The van der Waals surface area contributed by atoms with Gasteiger partial charge in [-0.2, -0.15) is 0 Å². The molecule has 7 rings (SSSR count). The molecular formula is C33H34N2O2. The predicted octanol–water partition coefficient (Wildman–Crippen LogP) is 6.77. The number of esters is 1. The maximum atomic E-state index is 14.2. The molecule has 0 N–H and O–H groups in total. The number of benzene rings is 3. The molecule has 2 bridgehead atoms. The molecule has 0 amide bonds. The average molecular weight is 491 g/mol. The SMILES string of the molecule is CC[C@H]1CN2CC[C@@H]1C[C@@H]2[C@@H](OC(=O)C(c1ccccc1)c1ccccc1)c1ccnc2ccccc12. The highest BCUT2D eigenvalue weighted by Crippen LogP contribution is 2.44. The van der Waals surface area contributed by atoms with Crippen LogP contribution in [-0.4, -0.2) is 35.0 Å². The van der Waals surface area contributed by atoms with E-state index in [1.807, 2.05) is 85.1 Å². The number of aromatic nitrogens is 1. The molecular weight excluding hydrogens is 456 g/mol. The number of carbonyl (C=O) groups excluding carboxylic acids is 1. The molecule has 188 valence electrons. The first kappa shape index (κ1) is 23.9. The predicted molar refractivity (Wildman–Crippen MR) is 147 cm³/mol. The van der Waals surface area contributed by atoms with Crippen LogP contribution in [0.5, 0.6) is 0 Å². The first-order valence-corrected chi connectivity index (χ1v) is 13.6. The van der Waals surface area contributed by atoms with Gasteiger partial charge >= 0.3 is 5.97 Å². The number of piperidine rings is 3. The Bertz CT molecular complexity index is 1310. The second-order valence-corrected chi connectivity index (χ2v) is 10.5. The highest BCUT2D eigenvalue weighted by atomic mass is 16.5. The van der Waals surface area contributed by atoms with E-state index in [0.717, 1.165) is 53.0 Å². The summed E-state index contributed by atoms with van der Waals surface area (Å²) in [5, 5.41) is 1.06. The zero-order chi connectivity index (χ0) is 25.2. The molecule has 0 aliphatic carbocycles. The summed E-state index contributed by atoms with van der Waals surface area (Å²) in [6.45, 7) is 4.47. The van der Waals surface area contributed by atoms with Crippen LogP contribution in [0.3, 0.4) is 0 Å². The molecule has 4 heterocycles. The summed E-state index contributed by atoms with van der Waals surface area (Å²) in [4.78, 5) is 21.4. The smallest absolute Gasteiger partial charge is 0.318 e. The Morgan fingerprint density at radius 3 is 2.27 bits per heavy atom. The Hall–Kier alpha value is -3.50. The van der Waals surface area contributed by atoms with E-state index in [4.69, 9.17) is 4.74 Å².